The molecule has 3 heterocycles. The zero-order valence-corrected chi connectivity index (χ0v) is 34.6. The minimum Gasteiger partial charge on any atom is -0.465 e. The van der Waals surface area contributed by atoms with Gasteiger partial charge in [-0.05, 0) is 98.5 Å². The summed E-state index contributed by atoms with van der Waals surface area (Å²) < 4.78 is 20.6. The molecule has 0 saturated heterocycles. The number of carbonyl (C=O) groups is 4. The zero-order chi connectivity index (χ0) is 43.7. The quantitative estimate of drug-likeness (QED) is 0.0346. The van der Waals surface area contributed by atoms with Crippen molar-refractivity contribution in [2.75, 3.05) is 52.6 Å². The number of hydrogen-bond donors (Lipinski definition) is 0. The van der Waals surface area contributed by atoms with E-state index in [1.54, 1.807) is 61.8 Å². The van der Waals surface area contributed by atoms with Gasteiger partial charge in [-0.2, -0.15) is 0 Å². The highest BCUT2D eigenvalue weighted by molar-refractivity contribution is 5.78. The highest BCUT2D eigenvalue weighted by Crippen LogP contribution is 2.31. The maximum absolute atomic E-state index is 12.5. The van der Waals surface area contributed by atoms with E-state index in [4.69, 9.17) is 33.9 Å². The lowest BCUT2D eigenvalue weighted by atomic mass is 9.99. The minimum atomic E-state index is -0.485. The summed E-state index contributed by atoms with van der Waals surface area (Å²) in [5.74, 6) is -1.94. The van der Waals surface area contributed by atoms with E-state index in [2.05, 4.69) is 0 Å². The molecule has 0 amide bonds. The van der Waals surface area contributed by atoms with Gasteiger partial charge in [-0.15, -0.1) is 0 Å². The van der Waals surface area contributed by atoms with Crippen LogP contribution >= 0.6 is 0 Å². The van der Waals surface area contributed by atoms with E-state index in [0.29, 0.717) is 34.2 Å². The van der Waals surface area contributed by atoms with E-state index < -0.39 is 28.8 Å². The van der Waals surface area contributed by atoms with Crippen LogP contribution in [0.15, 0.2) is 97.1 Å². The van der Waals surface area contributed by atoms with Crippen LogP contribution in [-0.4, -0.2) is 106 Å². The number of nitro groups is 1. The van der Waals surface area contributed by atoms with Crippen molar-refractivity contribution in [1.82, 2.24) is 24.8 Å². The Balaban J connectivity index is 1.54. The van der Waals surface area contributed by atoms with Gasteiger partial charge in [-0.1, -0.05) is 36.4 Å². The molecule has 61 heavy (non-hydrogen) atoms. The van der Waals surface area contributed by atoms with E-state index in [9.17, 15) is 29.3 Å². The topological polar surface area (TPSA) is 193 Å². The van der Waals surface area contributed by atoms with Crippen LogP contribution in [-0.2, 0) is 51.2 Å². The molecule has 0 saturated carbocycles. The summed E-state index contributed by atoms with van der Waals surface area (Å²) in [7, 11) is 0. The molecule has 5 rings (SSSR count). The summed E-state index contributed by atoms with van der Waals surface area (Å²) in [6.45, 7) is 7.30. The van der Waals surface area contributed by atoms with Crippen LogP contribution < -0.4 is 0 Å². The van der Waals surface area contributed by atoms with Gasteiger partial charge in [0.1, 0.15) is 0 Å². The Morgan fingerprint density at radius 3 is 1.18 bits per heavy atom. The first kappa shape index (κ1) is 45.2. The SMILES string of the molecule is CCOC(=O)CN(CC(=O)OCC)Cc1cccc(-c2cc(-c3ccc(-c4ccc([N+](=O)[O-])cc4)cc3)cc(-c3cccc(CN(CC(=O)OCC)CC(=O)OCC)n3)n2)n1. The van der Waals surface area contributed by atoms with Gasteiger partial charge in [-0.25, -0.2) is 15.0 Å². The number of aromatic nitrogens is 3. The maximum Gasteiger partial charge on any atom is 0.320 e. The molecular weight excluding hydrogens is 785 g/mol. The van der Waals surface area contributed by atoms with Crippen LogP contribution in [0.4, 0.5) is 5.69 Å². The lowest BCUT2D eigenvalue weighted by Gasteiger charge is -2.20. The van der Waals surface area contributed by atoms with E-state index >= 15 is 0 Å². The second kappa shape index (κ2) is 22.5. The Kier molecular flexibility index (Phi) is 16.6. The third-order valence-corrected chi connectivity index (χ3v) is 9.00. The predicted molar refractivity (Wildman–Crippen MR) is 225 cm³/mol. The molecule has 5 aromatic rings. The molecule has 0 bridgehead atoms. The van der Waals surface area contributed by atoms with Crippen molar-refractivity contribution in [2.24, 2.45) is 0 Å². The van der Waals surface area contributed by atoms with Crippen molar-refractivity contribution < 1.29 is 43.0 Å². The third kappa shape index (κ3) is 13.6. The average Bonchev–Trinajstić information content (AvgIpc) is 3.24. The van der Waals surface area contributed by atoms with Crippen molar-refractivity contribution in [1.29, 1.82) is 0 Å². The molecule has 0 aliphatic rings. The predicted octanol–water partition coefficient (Wildman–Crippen LogP) is 6.30. The van der Waals surface area contributed by atoms with Crippen molar-refractivity contribution >= 4 is 29.6 Å². The van der Waals surface area contributed by atoms with Crippen LogP contribution in [0.3, 0.4) is 0 Å². The number of rotatable bonds is 21. The highest BCUT2D eigenvalue weighted by Gasteiger charge is 2.20. The molecule has 16 heteroatoms. The number of nitro benzene ring substituents is 1. The Morgan fingerprint density at radius 1 is 0.492 bits per heavy atom. The number of non-ortho nitro benzene ring substituents is 1. The molecule has 0 aliphatic carbocycles. The molecule has 2 aromatic carbocycles. The lowest BCUT2D eigenvalue weighted by Crippen LogP contribution is -2.36. The van der Waals surface area contributed by atoms with Crippen LogP contribution in [0.2, 0.25) is 0 Å². The smallest absolute Gasteiger partial charge is 0.320 e. The number of carbonyl (C=O) groups excluding carboxylic acids is 4. The van der Waals surface area contributed by atoms with Crippen LogP contribution in [0.5, 0.6) is 0 Å². The van der Waals surface area contributed by atoms with E-state index in [-0.39, 0.29) is 71.4 Å². The van der Waals surface area contributed by atoms with Crippen LogP contribution in [0, 0.1) is 10.1 Å². The molecular formula is C45H48N6O10. The van der Waals surface area contributed by atoms with Gasteiger partial charge in [0.2, 0.25) is 0 Å². The van der Waals surface area contributed by atoms with Gasteiger partial charge in [-0.3, -0.25) is 39.1 Å². The standard InChI is InChI=1S/C45H48N6O10/c1-5-58-42(52)27-49(28-43(53)59-6-2)25-35-11-9-13-38(46-35)40-23-34(33-17-15-31(16-18-33)32-19-21-37(22-20-32)51(56)57)24-41(48-40)39-14-10-12-36(47-39)26-50(29-44(54)60-7-3)30-45(55)61-8-4/h9-24H,5-8,25-30H2,1-4H3. The van der Waals surface area contributed by atoms with Gasteiger partial charge < -0.3 is 18.9 Å². The molecule has 0 atom stereocenters. The average molecular weight is 833 g/mol. The first-order valence-electron chi connectivity index (χ1n) is 19.9. The van der Waals surface area contributed by atoms with E-state index in [1.807, 2.05) is 60.7 Å². The summed E-state index contributed by atoms with van der Waals surface area (Å²) in [6, 6.07) is 28.7. The monoisotopic (exact) mass is 832 g/mol. The number of esters is 4. The van der Waals surface area contributed by atoms with Gasteiger partial charge in [0.15, 0.2) is 0 Å². The maximum atomic E-state index is 12.5. The van der Waals surface area contributed by atoms with Gasteiger partial charge >= 0.3 is 23.9 Å². The molecule has 0 fully saturated rings. The van der Waals surface area contributed by atoms with Crippen molar-refractivity contribution in [2.45, 2.75) is 40.8 Å². The second-order valence-electron chi connectivity index (χ2n) is 13.5. The largest absolute Gasteiger partial charge is 0.465 e. The normalized spacial score (nSPS) is 11.0. The number of ether oxygens (including phenoxy) is 4. The Morgan fingerprint density at radius 2 is 0.836 bits per heavy atom. The van der Waals surface area contributed by atoms with Gasteiger partial charge in [0.05, 0.1) is 91.7 Å². The lowest BCUT2D eigenvalue weighted by molar-refractivity contribution is -0.384. The molecule has 16 nitrogen and oxygen atoms in total. The first-order valence-corrected chi connectivity index (χ1v) is 19.9. The molecule has 0 radical (unpaired) electrons. The second-order valence-corrected chi connectivity index (χ2v) is 13.5. The van der Waals surface area contributed by atoms with E-state index in [1.165, 1.54) is 12.1 Å². The third-order valence-electron chi connectivity index (χ3n) is 9.00. The molecule has 318 valence electrons. The van der Waals surface area contributed by atoms with Gasteiger partial charge in [0, 0.05) is 25.2 Å². The fourth-order valence-corrected chi connectivity index (χ4v) is 6.36. The fourth-order valence-electron chi connectivity index (χ4n) is 6.36. The Bertz CT molecular complexity index is 2160. The summed E-state index contributed by atoms with van der Waals surface area (Å²) >= 11 is 0. The highest BCUT2D eigenvalue weighted by atomic mass is 16.6. The summed E-state index contributed by atoms with van der Waals surface area (Å²) in [4.78, 5) is 78.7. The van der Waals surface area contributed by atoms with Crippen LogP contribution in [0.1, 0.15) is 39.1 Å². The first-order chi connectivity index (χ1) is 29.5. The summed E-state index contributed by atoms with van der Waals surface area (Å²) in [5, 5.41) is 11.2. The molecule has 0 spiro atoms. The number of hydrogen-bond acceptors (Lipinski definition) is 15. The summed E-state index contributed by atoms with van der Waals surface area (Å²) in [5.41, 5.74) is 6.49. The molecule has 0 aliphatic heterocycles. The Labute approximate surface area is 353 Å². The number of nitrogens with zero attached hydrogens (tertiary/aromatic N) is 6. The summed E-state index contributed by atoms with van der Waals surface area (Å²) in [6.07, 6.45) is 0. The van der Waals surface area contributed by atoms with E-state index in [0.717, 1.165) is 22.3 Å². The Hall–Kier alpha value is -6.91. The number of pyridine rings is 3. The van der Waals surface area contributed by atoms with Crippen molar-refractivity contribution in [3.05, 3.63) is 119 Å². The van der Waals surface area contributed by atoms with Crippen molar-refractivity contribution in [3.63, 3.8) is 0 Å². The van der Waals surface area contributed by atoms with Gasteiger partial charge in [0.25, 0.3) is 5.69 Å². The minimum absolute atomic E-state index is 0.00369. The molecule has 3 aromatic heterocycles. The molecule has 0 unspecified atom stereocenters. The van der Waals surface area contributed by atoms with Crippen LogP contribution in [0.25, 0.3) is 45.0 Å². The fraction of sp³-hybridized carbons (Fsp3) is 0.311. The van der Waals surface area contributed by atoms with Crippen molar-refractivity contribution in [3.8, 4) is 45.0 Å². The zero-order valence-electron chi connectivity index (χ0n) is 34.6. The number of benzene rings is 2. The molecule has 0 N–H and O–H groups in total.